The number of fused-ring (bicyclic) bond motifs is 2. The highest BCUT2D eigenvalue weighted by Gasteiger charge is 2.42. The highest BCUT2D eigenvalue weighted by molar-refractivity contribution is 7.86. The smallest absolute Gasteiger partial charge is 0.140 e. The van der Waals surface area contributed by atoms with Crippen molar-refractivity contribution in [2.24, 2.45) is 5.92 Å². The monoisotopic (exact) mass is 287 g/mol. The van der Waals surface area contributed by atoms with Gasteiger partial charge in [-0.3, -0.25) is 9.00 Å². The Kier molecular flexibility index (Phi) is 3.71. The number of benzene rings is 1. The third-order valence-electron chi connectivity index (χ3n) is 4.45. The molecule has 1 aromatic carbocycles. The molecule has 2 atom stereocenters. The number of carbonyl (C=O) groups is 1. The standard InChI is InChI=1S/C16H17NO2S/c17-10-12-3-1-2-11(6-12)7-16(18)13-8-14-4-5-15(9-13)20(14)19/h1-3,6,13-15H,4-5,7-9H2. The molecule has 4 heteroatoms. The Morgan fingerprint density at radius 1 is 1.30 bits per heavy atom. The first-order chi connectivity index (χ1) is 9.67. The molecule has 2 bridgehead atoms. The van der Waals surface area contributed by atoms with Crippen molar-refractivity contribution in [2.45, 2.75) is 42.6 Å². The van der Waals surface area contributed by atoms with Crippen molar-refractivity contribution in [3.05, 3.63) is 35.4 Å². The van der Waals surface area contributed by atoms with E-state index in [9.17, 15) is 9.00 Å². The maximum Gasteiger partial charge on any atom is 0.140 e. The lowest BCUT2D eigenvalue weighted by Gasteiger charge is -2.26. The number of Topliss-reactive ketones (excluding diaryl/α,β-unsaturated/α-hetero) is 1. The minimum atomic E-state index is -0.703. The number of carbonyl (C=O) groups excluding carboxylic acids is 1. The van der Waals surface area contributed by atoms with Gasteiger partial charge in [0.15, 0.2) is 0 Å². The Bertz CT molecular complexity index is 589. The predicted molar refractivity (Wildman–Crippen MR) is 77.5 cm³/mol. The summed E-state index contributed by atoms with van der Waals surface area (Å²) < 4.78 is 12.0. The van der Waals surface area contributed by atoms with Crippen LogP contribution in [0, 0.1) is 17.2 Å². The average molecular weight is 287 g/mol. The summed E-state index contributed by atoms with van der Waals surface area (Å²) in [4.78, 5) is 12.4. The second-order valence-electron chi connectivity index (χ2n) is 5.77. The van der Waals surface area contributed by atoms with Gasteiger partial charge in [0.05, 0.1) is 11.6 Å². The molecule has 0 amide bonds. The third kappa shape index (κ3) is 2.55. The van der Waals surface area contributed by atoms with Crippen LogP contribution < -0.4 is 0 Å². The quantitative estimate of drug-likeness (QED) is 0.857. The second-order valence-corrected chi connectivity index (χ2v) is 7.76. The van der Waals surface area contributed by atoms with E-state index in [1.807, 2.05) is 12.1 Å². The molecule has 0 radical (unpaired) electrons. The number of nitriles is 1. The molecule has 2 heterocycles. The maximum atomic E-state index is 12.4. The first-order valence-corrected chi connectivity index (χ1v) is 8.36. The van der Waals surface area contributed by atoms with Crippen LogP contribution >= 0.6 is 0 Å². The molecule has 2 unspecified atom stereocenters. The van der Waals surface area contributed by atoms with Crippen LogP contribution in [0.25, 0.3) is 0 Å². The Morgan fingerprint density at radius 2 is 2.00 bits per heavy atom. The fraction of sp³-hybridized carbons (Fsp3) is 0.500. The first-order valence-electron chi connectivity index (χ1n) is 7.08. The van der Waals surface area contributed by atoms with E-state index in [4.69, 9.17) is 5.26 Å². The van der Waals surface area contributed by atoms with Crippen LogP contribution in [0.2, 0.25) is 0 Å². The molecule has 0 N–H and O–H groups in total. The number of hydrogen-bond donors (Lipinski definition) is 0. The molecule has 1 aromatic rings. The van der Waals surface area contributed by atoms with Gasteiger partial charge < -0.3 is 0 Å². The van der Waals surface area contributed by atoms with Crippen molar-refractivity contribution in [3.8, 4) is 6.07 Å². The summed E-state index contributed by atoms with van der Waals surface area (Å²) in [6, 6.07) is 9.35. The van der Waals surface area contributed by atoms with Gasteiger partial charge in [-0.2, -0.15) is 5.26 Å². The molecule has 104 valence electrons. The van der Waals surface area contributed by atoms with Gasteiger partial charge in [-0.1, -0.05) is 12.1 Å². The number of hydrogen-bond acceptors (Lipinski definition) is 3. The summed E-state index contributed by atoms with van der Waals surface area (Å²) in [7, 11) is -0.703. The summed E-state index contributed by atoms with van der Waals surface area (Å²) in [5.41, 5.74) is 1.51. The van der Waals surface area contributed by atoms with Gasteiger partial charge in [0.2, 0.25) is 0 Å². The highest BCUT2D eigenvalue weighted by atomic mass is 32.2. The number of nitrogens with zero attached hydrogens (tertiary/aromatic N) is 1. The topological polar surface area (TPSA) is 57.9 Å². The number of rotatable bonds is 3. The third-order valence-corrected chi connectivity index (χ3v) is 6.62. The van der Waals surface area contributed by atoms with Crippen LogP contribution in [0.15, 0.2) is 24.3 Å². The molecule has 0 aromatic heterocycles. The summed E-state index contributed by atoms with van der Waals surface area (Å²) >= 11 is 0. The second kappa shape index (κ2) is 5.49. The molecule has 2 saturated heterocycles. The van der Waals surface area contributed by atoms with E-state index >= 15 is 0 Å². The van der Waals surface area contributed by atoms with Gasteiger partial charge in [-0.25, -0.2) is 0 Å². The van der Waals surface area contributed by atoms with Crippen LogP contribution in [0.4, 0.5) is 0 Å². The summed E-state index contributed by atoms with van der Waals surface area (Å²) in [5.74, 6) is 0.310. The Balaban J connectivity index is 1.68. The lowest BCUT2D eigenvalue weighted by molar-refractivity contribution is -0.122. The molecule has 0 saturated carbocycles. The van der Waals surface area contributed by atoms with Crippen LogP contribution in [0.1, 0.15) is 36.8 Å². The molecule has 2 fully saturated rings. The molecule has 0 aliphatic carbocycles. The molecular formula is C16H17NO2S. The van der Waals surface area contributed by atoms with E-state index in [1.54, 1.807) is 12.1 Å². The van der Waals surface area contributed by atoms with E-state index < -0.39 is 10.8 Å². The molecule has 2 aliphatic heterocycles. The van der Waals surface area contributed by atoms with E-state index in [-0.39, 0.29) is 22.2 Å². The van der Waals surface area contributed by atoms with E-state index in [2.05, 4.69) is 6.07 Å². The average Bonchev–Trinajstić information content (AvgIpc) is 2.68. The fourth-order valence-corrected chi connectivity index (χ4v) is 5.52. The van der Waals surface area contributed by atoms with Gasteiger partial charge in [0.1, 0.15) is 5.78 Å². The Labute approximate surface area is 121 Å². The summed E-state index contributed by atoms with van der Waals surface area (Å²) in [5, 5.41) is 9.37. The maximum absolute atomic E-state index is 12.4. The van der Waals surface area contributed by atoms with Crippen molar-refractivity contribution in [3.63, 3.8) is 0 Å². The van der Waals surface area contributed by atoms with Crippen LogP contribution in [-0.4, -0.2) is 20.5 Å². The van der Waals surface area contributed by atoms with Gasteiger partial charge in [0.25, 0.3) is 0 Å². The molecular weight excluding hydrogens is 270 g/mol. The van der Waals surface area contributed by atoms with Crippen LogP contribution in [0.3, 0.4) is 0 Å². The van der Waals surface area contributed by atoms with E-state index in [1.165, 1.54) is 0 Å². The largest absolute Gasteiger partial charge is 0.299 e. The van der Waals surface area contributed by atoms with Crippen molar-refractivity contribution < 1.29 is 9.00 Å². The van der Waals surface area contributed by atoms with E-state index in [0.29, 0.717) is 12.0 Å². The van der Waals surface area contributed by atoms with Gasteiger partial charge in [0, 0.05) is 33.6 Å². The van der Waals surface area contributed by atoms with Crippen molar-refractivity contribution in [1.82, 2.24) is 0 Å². The van der Waals surface area contributed by atoms with Crippen LogP contribution in [-0.2, 0) is 22.0 Å². The van der Waals surface area contributed by atoms with Gasteiger partial charge in [-0.05, 0) is 43.4 Å². The fourth-order valence-electron chi connectivity index (χ4n) is 3.39. The highest BCUT2D eigenvalue weighted by Crippen LogP contribution is 2.39. The molecule has 3 rings (SSSR count). The summed E-state index contributed by atoms with van der Waals surface area (Å²) in [6.45, 7) is 0. The zero-order valence-electron chi connectivity index (χ0n) is 11.2. The molecule has 2 aliphatic rings. The SMILES string of the molecule is N#Cc1cccc(CC(=O)C2CC3CCC(C2)S3=O)c1. The van der Waals surface area contributed by atoms with Crippen molar-refractivity contribution in [2.75, 3.05) is 0 Å². The van der Waals surface area contributed by atoms with Crippen molar-refractivity contribution >= 4 is 16.6 Å². The molecule has 0 spiro atoms. The zero-order chi connectivity index (χ0) is 14.1. The first kappa shape index (κ1) is 13.5. The Hall–Kier alpha value is -1.47. The van der Waals surface area contributed by atoms with Crippen molar-refractivity contribution in [1.29, 1.82) is 5.26 Å². The lowest BCUT2D eigenvalue weighted by atomic mass is 9.90. The zero-order valence-corrected chi connectivity index (χ0v) is 12.1. The lowest BCUT2D eigenvalue weighted by Crippen LogP contribution is -2.32. The minimum Gasteiger partial charge on any atom is -0.299 e. The predicted octanol–water partition coefficient (Wildman–Crippen LogP) is 2.36. The van der Waals surface area contributed by atoms with E-state index in [0.717, 1.165) is 31.2 Å². The molecule has 20 heavy (non-hydrogen) atoms. The number of ketones is 1. The minimum absolute atomic E-state index is 0.0657. The Morgan fingerprint density at radius 3 is 2.65 bits per heavy atom. The summed E-state index contributed by atoms with van der Waals surface area (Å²) in [6.07, 6.45) is 4.02. The van der Waals surface area contributed by atoms with Gasteiger partial charge >= 0.3 is 0 Å². The normalized spacial score (nSPS) is 31.8. The molecule has 3 nitrogen and oxygen atoms in total. The van der Waals surface area contributed by atoms with Crippen LogP contribution in [0.5, 0.6) is 0 Å². The van der Waals surface area contributed by atoms with Gasteiger partial charge in [-0.15, -0.1) is 0 Å².